The normalized spacial score (nSPS) is 20.2. The SMILES string of the molecule is CCCn1ncc(N2CCN[C@@H](C)C2)c(Br)c1=O. The minimum atomic E-state index is -0.0412. The first-order valence-corrected chi connectivity index (χ1v) is 7.16. The topological polar surface area (TPSA) is 50.2 Å². The minimum absolute atomic E-state index is 0.0412. The standard InChI is InChI=1S/C12H19BrN4O/c1-3-5-17-12(18)11(13)10(7-15-17)16-6-4-14-9(2)8-16/h7,9,14H,3-6,8H2,1-2H3/t9-/m0/s1. The van der Waals surface area contributed by atoms with E-state index >= 15 is 0 Å². The van der Waals surface area contributed by atoms with Gasteiger partial charge in [0.15, 0.2) is 0 Å². The lowest BCUT2D eigenvalue weighted by Crippen LogP contribution is -2.49. The van der Waals surface area contributed by atoms with Crippen LogP contribution in [-0.4, -0.2) is 35.5 Å². The van der Waals surface area contributed by atoms with Crippen molar-refractivity contribution < 1.29 is 0 Å². The van der Waals surface area contributed by atoms with Gasteiger partial charge < -0.3 is 10.2 Å². The number of nitrogens with zero attached hydrogens (tertiary/aromatic N) is 3. The molecule has 0 aromatic carbocycles. The summed E-state index contributed by atoms with van der Waals surface area (Å²) in [6.45, 7) is 7.58. The van der Waals surface area contributed by atoms with Gasteiger partial charge in [-0.15, -0.1) is 0 Å². The molecule has 1 aromatic rings. The van der Waals surface area contributed by atoms with Crippen LogP contribution in [0.5, 0.6) is 0 Å². The van der Waals surface area contributed by atoms with Gasteiger partial charge in [0, 0.05) is 32.2 Å². The second kappa shape index (κ2) is 5.84. The first kappa shape index (κ1) is 13.5. The Bertz CT molecular complexity index is 474. The van der Waals surface area contributed by atoms with Gasteiger partial charge in [-0.05, 0) is 29.3 Å². The first-order valence-electron chi connectivity index (χ1n) is 6.37. The van der Waals surface area contributed by atoms with E-state index in [0.717, 1.165) is 31.7 Å². The third kappa shape index (κ3) is 2.75. The average molecular weight is 315 g/mol. The number of halogens is 1. The molecule has 1 aliphatic rings. The summed E-state index contributed by atoms with van der Waals surface area (Å²) in [6, 6.07) is 0.434. The molecular weight excluding hydrogens is 296 g/mol. The van der Waals surface area contributed by atoms with Gasteiger partial charge in [-0.2, -0.15) is 5.10 Å². The van der Waals surface area contributed by atoms with Crippen LogP contribution >= 0.6 is 15.9 Å². The Balaban J connectivity index is 2.29. The Kier molecular flexibility index (Phi) is 4.40. The van der Waals surface area contributed by atoms with E-state index in [0.29, 0.717) is 17.1 Å². The fraction of sp³-hybridized carbons (Fsp3) is 0.667. The van der Waals surface area contributed by atoms with Crippen LogP contribution in [0.25, 0.3) is 0 Å². The Hall–Kier alpha value is -0.880. The number of aryl methyl sites for hydroxylation is 1. The predicted octanol–water partition coefficient (Wildman–Crippen LogP) is 1.21. The second-order valence-corrected chi connectivity index (χ2v) is 5.47. The Morgan fingerprint density at radius 2 is 2.39 bits per heavy atom. The van der Waals surface area contributed by atoms with Crippen LogP contribution in [0.1, 0.15) is 20.3 Å². The van der Waals surface area contributed by atoms with Crippen LogP contribution < -0.4 is 15.8 Å². The quantitative estimate of drug-likeness (QED) is 0.911. The molecule has 6 heteroatoms. The Labute approximate surface area is 115 Å². The van der Waals surface area contributed by atoms with Gasteiger partial charge in [-0.25, -0.2) is 4.68 Å². The molecular formula is C12H19BrN4O. The molecule has 0 unspecified atom stereocenters. The lowest BCUT2D eigenvalue weighted by Gasteiger charge is -2.33. The smallest absolute Gasteiger partial charge is 0.283 e. The van der Waals surface area contributed by atoms with E-state index in [1.54, 1.807) is 6.20 Å². The van der Waals surface area contributed by atoms with Crippen molar-refractivity contribution in [2.75, 3.05) is 24.5 Å². The summed E-state index contributed by atoms with van der Waals surface area (Å²) in [7, 11) is 0. The number of anilines is 1. The van der Waals surface area contributed by atoms with E-state index in [2.05, 4.69) is 38.2 Å². The number of hydrogen-bond donors (Lipinski definition) is 1. The fourth-order valence-electron chi connectivity index (χ4n) is 2.20. The molecule has 5 nitrogen and oxygen atoms in total. The molecule has 1 aliphatic heterocycles. The van der Waals surface area contributed by atoms with Crippen molar-refractivity contribution in [1.29, 1.82) is 0 Å². The highest BCUT2D eigenvalue weighted by Crippen LogP contribution is 2.22. The summed E-state index contributed by atoms with van der Waals surface area (Å²) in [5, 5.41) is 7.63. The Morgan fingerprint density at radius 1 is 1.61 bits per heavy atom. The summed E-state index contributed by atoms with van der Waals surface area (Å²) in [5.41, 5.74) is 0.862. The van der Waals surface area contributed by atoms with Crippen LogP contribution in [0.4, 0.5) is 5.69 Å². The molecule has 100 valence electrons. The summed E-state index contributed by atoms with van der Waals surface area (Å²) < 4.78 is 2.14. The van der Waals surface area contributed by atoms with Crippen LogP contribution in [0, 0.1) is 0 Å². The van der Waals surface area contributed by atoms with Crippen molar-refractivity contribution in [1.82, 2.24) is 15.1 Å². The molecule has 2 rings (SSSR count). The zero-order valence-corrected chi connectivity index (χ0v) is 12.4. The monoisotopic (exact) mass is 314 g/mol. The highest BCUT2D eigenvalue weighted by Gasteiger charge is 2.20. The molecule has 2 heterocycles. The minimum Gasteiger partial charge on any atom is -0.366 e. The van der Waals surface area contributed by atoms with Crippen LogP contribution in [0.15, 0.2) is 15.5 Å². The van der Waals surface area contributed by atoms with Gasteiger partial charge in [0.2, 0.25) is 0 Å². The lowest BCUT2D eigenvalue weighted by atomic mass is 10.2. The average Bonchev–Trinajstić information content (AvgIpc) is 2.35. The molecule has 0 aliphatic carbocycles. The number of hydrogen-bond acceptors (Lipinski definition) is 4. The molecule has 1 N–H and O–H groups in total. The van der Waals surface area contributed by atoms with Gasteiger partial charge in [-0.1, -0.05) is 6.92 Å². The molecule has 18 heavy (non-hydrogen) atoms. The van der Waals surface area contributed by atoms with Gasteiger partial charge >= 0.3 is 0 Å². The molecule has 1 saturated heterocycles. The van der Waals surface area contributed by atoms with E-state index in [1.807, 2.05) is 6.92 Å². The summed E-state index contributed by atoms with van der Waals surface area (Å²) in [4.78, 5) is 14.3. The first-order chi connectivity index (χ1) is 8.63. The summed E-state index contributed by atoms with van der Waals surface area (Å²) in [5.74, 6) is 0. The van der Waals surface area contributed by atoms with Crippen LogP contribution in [-0.2, 0) is 6.54 Å². The number of aromatic nitrogens is 2. The van der Waals surface area contributed by atoms with Crippen LogP contribution in [0.3, 0.4) is 0 Å². The van der Waals surface area contributed by atoms with Crippen molar-refractivity contribution in [3.63, 3.8) is 0 Å². The zero-order chi connectivity index (χ0) is 13.1. The Morgan fingerprint density at radius 3 is 3.06 bits per heavy atom. The molecule has 0 spiro atoms. The fourth-order valence-corrected chi connectivity index (χ4v) is 2.76. The maximum Gasteiger partial charge on any atom is 0.283 e. The lowest BCUT2D eigenvalue weighted by molar-refractivity contribution is 0.481. The van der Waals surface area contributed by atoms with E-state index in [4.69, 9.17) is 0 Å². The van der Waals surface area contributed by atoms with E-state index in [1.165, 1.54) is 4.68 Å². The molecule has 0 saturated carbocycles. The van der Waals surface area contributed by atoms with Crippen molar-refractivity contribution in [2.24, 2.45) is 0 Å². The van der Waals surface area contributed by atoms with Crippen LogP contribution in [0.2, 0.25) is 0 Å². The zero-order valence-electron chi connectivity index (χ0n) is 10.8. The number of nitrogens with one attached hydrogen (secondary N) is 1. The molecule has 0 amide bonds. The van der Waals surface area contributed by atoms with Crippen molar-refractivity contribution >= 4 is 21.6 Å². The number of piperazine rings is 1. The highest BCUT2D eigenvalue weighted by molar-refractivity contribution is 9.10. The summed E-state index contributed by atoms with van der Waals surface area (Å²) in [6.07, 6.45) is 2.70. The van der Waals surface area contributed by atoms with E-state index < -0.39 is 0 Å². The maximum absolute atomic E-state index is 12.1. The van der Waals surface area contributed by atoms with E-state index in [9.17, 15) is 4.79 Å². The molecule has 0 bridgehead atoms. The molecule has 0 radical (unpaired) electrons. The third-order valence-electron chi connectivity index (χ3n) is 3.11. The maximum atomic E-state index is 12.1. The largest absolute Gasteiger partial charge is 0.366 e. The van der Waals surface area contributed by atoms with Gasteiger partial charge in [-0.3, -0.25) is 4.79 Å². The molecule has 1 atom stereocenters. The van der Waals surface area contributed by atoms with E-state index in [-0.39, 0.29) is 5.56 Å². The highest BCUT2D eigenvalue weighted by atomic mass is 79.9. The van der Waals surface area contributed by atoms with Crippen molar-refractivity contribution in [3.8, 4) is 0 Å². The second-order valence-electron chi connectivity index (χ2n) is 4.67. The molecule has 1 fully saturated rings. The number of rotatable bonds is 3. The van der Waals surface area contributed by atoms with Crippen molar-refractivity contribution in [3.05, 3.63) is 21.0 Å². The van der Waals surface area contributed by atoms with Gasteiger partial charge in [0.1, 0.15) is 4.47 Å². The predicted molar refractivity (Wildman–Crippen MR) is 76.2 cm³/mol. The van der Waals surface area contributed by atoms with Gasteiger partial charge in [0.25, 0.3) is 5.56 Å². The third-order valence-corrected chi connectivity index (χ3v) is 3.86. The molecule has 1 aromatic heterocycles. The summed E-state index contributed by atoms with van der Waals surface area (Å²) >= 11 is 3.42. The van der Waals surface area contributed by atoms with Gasteiger partial charge in [0.05, 0.1) is 11.9 Å². The van der Waals surface area contributed by atoms with Crippen molar-refractivity contribution in [2.45, 2.75) is 32.9 Å².